The number of carbonyl (C=O) groups excluding carboxylic acids is 1. The van der Waals surface area contributed by atoms with Gasteiger partial charge in [-0.3, -0.25) is 4.79 Å². The predicted octanol–water partition coefficient (Wildman–Crippen LogP) is 1.74. The van der Waals surface area contributed by atoms with Gasteiger partial charge in [-0.05, 0) is 31.0 Å². The summed E-state index contributed by atoms with van der Waals surface area (Å²) in [7, 11) is 0. The Morgan fingerprint density at radius 2 is 2.06 bits per heavy atom. The standard InChI is InChI=1S/C12H17ClN2O/c1-9(8-14)15-12(16)7-4-10-2-5-11(13)6-3-10/h2-3,5-6,9H,4,7-8,14H2,1H3,(H,15,16)/t9-/m0/s1. The molecular formula is C12H17ClN2O. The van der Waals surface area contributed by atoms with E-state index >= 15 is 0 Å². The minimum Gasteiger partial charge on any atom is -0.352 e. The summed E-state index contributed by atoms with van der Waals surface area (Å²) < 4.78 is 0. The Balaban J connectivity index is 2.34. The van der Waals surface area contributed by atoms with Gasteiger partial charge in [0.1, 0.15) is 0 Å². The predicted molar refractivity (Wildman–Crippen MR) is 66.4 cm³/mol. The first-order valence-electron chi connectivity index (χ1n) is 5.35. The summed E-state index contributed by atoms with van der Waals surface area (Å²) >= 11 is 5.77. The number of hydrogen-bond acceptors (Lipinski definition) is 2. The highest BCUT2D eigenvalue weighted by Gasteiger charge is 2.05. The number of halogens is 1. The van der Waals surface area contributed by atoms with Crippen LogP contribution in [-0.2, 0) is 11.2 Å². The minimum absolute atomic E-state index is 0.0351. The summed E-state index contributed by atoms with van der Waals surface area (Å²) in [4.78, 5) is 11.5. The average molecular weight is 241 g/mol. The first kappa shape index (κ1) is 13.0. The molecule has 16 heavy (non-hydrogen) atoms. The molecule has 0 aliphatic heterocycles. The third kappa shape index (κ3) is 4.64. The summed E-state index contributed by atoms with van der Waals surface area (Å²) in [6, 6.07) is 7.57. The van der Waals surface area contributed by atoms with E-state index in [9.17, 15) is 4.79 Å². The number of hydrogen-bond donors (Lipinski definition) is 2. The van der Waals surface area contributed by atoms with Crippen LogP contribution in [-0.4, -0.2) is 18.5 Å². The van der Waals surface area contributed by atoms with Crippen molar-refractivity contribution in [2.24, 2.45) is 5.73 Å². The monoisotopic (exact) mass is 240 g/mol. The number of nitrogens with two attached hydrogens (primary N) is 1. The van der Waals surface area contributed by atoms with Gasteiger partial charge in [0.25, 0.3) is 0 Å². The van der Waals surface area contributed by atoms with E-state index in [2.05, 4.69) is 5.32 Å². The zero-order valence-electron chi connectivity index (χ0n) is 9.37. The molecule has 0 radical (unpaired) electrons. The van der Waals surface area contributed by atoms with Gasteiger partial charge in [0, 0.05) is 24.0 Å². The average Bonchev–Trinajstić information content (AvgIpc) is 2.28. The molecule has 1 amide bonds. The van der Waals surface area contributed by atoms with Crippen molar-refractivity contribution < 1.29 is 4.79 Å². The van der Waals surface area contributed by atoms with E-state index in [1.807, 2.05) is 31.2 Å². The molecule has 4 heteroatoms. The lowest BCUT2D eigenvalue weighted by Gasteiger charge is -2.10. The van der Waals surface area contributed by atoms with Crippen LogP contribution in [0.25, 0.3) is 0 Å². The van der Waals surface area contributed by atoms with Crippen LogP contribution in [0, 0.1) is 0 Å². The van der Waals surface area contributed by atoms with Gasteiger partial charge in [-0.15, -0.1) is 0 Å². The van der Waals surface area contributed by atoms with Gasteiger partial charge in [-0.1, -0.05) is 23.7 Å². The summed E-state index contributed by atoms with van der Waals surface area (Å²) in [5, 5.41) is 3.53. The SMILES string of the molecule is C[C@@H](CN)NC(=O)CCc1ccc(Cl)cc1. The molecule has 0 spiro atoms. The Kier molecular flexibility index (Phi) is 5.29. The summed E-state index contributed by atoms with van der Waals surface area (Å²) in [5.41, 5.74) is 6.53. The highest BCUT2D eigenvalue weighted by Crippen LogP contribution is 2.10. The van der Waals surface area contributed by atoms with E-state index < -0.39 is 0 Å². The van der Waals surface area contributed by atoms with E-state index in [0.717, 1.165) is 12.0 Å². The molecule has 0 bridgehead atoms. The van der Waals surface area contributed by atoms with Crippen LogP contribution in [0.15, 0.2) is 24.3 Å². The van der Waals surface area contributed by atoms with E-state index in [4.69, 9.17) is 17.3 Å². The van der Waals surface area contributed by atoms with E-state index in [-0.39, 0.29) is 11.9 Å². The normalized spacial score (nSPS) is 12.2. The van der Waals surface area contributed by atoms with Crippen LogP contribution in [0.2, 0.25) is 5.02 Å². The van der Waals surface area contributed by atoms with Gasteiger partial charge in [0.2, 0.25) is 5.91 Å². The van der Waals surface area contributed by atoms with Crippen molar-refractivity contribution in [3.8, 4) is 0 Å². The molecule has 0 aromatic heterocycles. The van der Waals surface area contributed by atoms with Crippen LogP contribution in [0.3, 0.4) is 0 Å². The van der Waals surface area contributed by atoms with Gasteiger partial charge in [0.15, 0.2) is 0 Å². The van der Waals surface area contributed by atoms with Crippen molar-refractivity contribution in [1.29, 1.82) is 0 Å². The molecule has 0 unspecified atom stereocenters. The molecule has 0 saturated heterocycles. The third-order valence-electron chi connectivity index (χ3n) is 2.31. The molecule has 0 fully saturated rings. The number of benzene rings is 1. The van der Waals surface area contributed by atoms with Crippen LogP contribution in [0.4, 0.5) is 0 Å². The van der Waals surface area contributed by atoms with E-state index in [0.29, 0.717) is 18.0 Å². The lowest BCUT2D eigenvalue weighted by molar-refractivity contribution is -0.121. The van der Waals surface area contributed by atoms with Crippen molar-refractivity contribution >= 4 is 17.5 Å². The lowest BCUT2D eigenvalue weighted by atomic mass is 10.1. The molecule has 0 aliphatic rings. The molecule has 88 valence electrons. The number of rotatable bonds is 5. The Hall–Kier alpha value is -1.06. The largest absolute Gasteiger partial charge is 0.352 e. The molecule has 1 rings (SSSR count). The fourth-order valence-corrected chi connectivity index (χ4v) is 1.44. The second-order valence-electron chi connectivity index (χ2n) is 3.83. The first-order valence-corrected chi connectivity index (χ1v) is 5.73. The smallest absolute Gasteiger partial charge is 0.220 e. The van der Waals surface area contributed by atoms with Crippen LogP contribution in [0.1, 0.15) is 18.9 Å². The minimum atomic E-state index is 0.0351. The quantitative estimate of drug-likeness (QED) is 0.824. The summed E-state index contributed by atoms with van der Waals surface area (Å²) in [6.45, 7) is 2.35. The zero-order valence-corrected chi connectivity index (χ0v) is 10.1. The Bertz CT molecular complexity index is 337. The van der Waals surface area contributed by atoms with Crippen LogP contribution < -0.4 is 11.1 Å². The maximum absolute atomic E-state index is 11.5. The fraction of sp³-hybridized carbons (Fsp3) is 0.417. The Labute approximate surface area is 101 Å². The number of amides is 1. The molecule has 1 aromatic carbocycles. The van der Waals surface area contributed by atoms with Crippen LogP contribution >= 0.6 is 11.6 Å². The number of aryl methyl sites for hydroxylation is 1. The van der Waals surface area contributed by atoms with Crippen molar-refractivity contribution in [3.05, 3.63) is 34.9 Å². The first-order chi connectivity index (χ1) is 7.61. The molecule has 3 nitrogen and oxygen atoms in total. The Morgan fingerprint density at radius 3 is 2.62 bits per heavy atom. The summed E-state index contributed by atoms with van der Waals surface area (Å²) in [6.07, 6.45) is 1.20. The van der Waals surface area contributed by atoms with Gasteiger partial charge in [0.05, 0.1) is 0 Å². The highest BCUT2D eigenvalue weighted by molar-refractivity contribution is 6.30. The Morgan fingerprint density at radius 1 is 1.44 bits per heavy atom. The van der Waals surface area contributed by atoms with Crippen molar-refractivity contribution in [2.45, 2.75) is 25.8 Å². The maximum atomic E-state index is 11.5. The summed E-state index contributed by atoms with van der Waals surface area (Å²) in [5.74, 6) is 0.0351. The zero-order chi connectivity index (χ0) is 12.0. The van der Waals surface area contributed by atoms with Crippen molar-refractivity contribution in [1.82, 2.24) is 5.32 Å². The van der Waals surface area contributed by atoms with Gasteiger partial charge < -0.3 is 11.1 Å². The molecule has 0 aliphatic carbocycles. The molecule has 3 N–H and O–H groups in total. The van der Waals surface area contributed by atoms with E-state index in [1.165, 1.54) is 0 Å². The molecular weight excluding hydrogens is 224 g/mol. The molecule has 0 saturated carbocycles. The molecule has 0 heterocycles. The second kappa shape index (κ2) is 6.51. The third-order valence-corrected chi connectivity index (χ3v) is 2.57. The number of nitrogens with one attached hydrogen (secondary N) is 1. The second-order valence-corrected chi connectivity index (χ2v) is 4.27. The van der Waals surface area contributed by atoms with Gasteiger partial charge in [-0.25, -0.2) is 0 Å². The molecule has 1 atom stereocenters. The maximum Gasteiger partial charge on any atom is 0.220 e. The van der Waals surface area contributed by atoms with Gasteiger partial charge in [-0.2, -0.15) is 0 Å². The van der Waals surface area contributed by atoms with E-state index in [1.54, 1.807) is 0 Å². The fourth-order valence-electron chi connectivity index (χ4n) is 1.31. The molecule has 1 aromatic rings. The topological polar surface area (TPSA) is 55.1 Å². The van der Waals surface area contributed by atoms with Crippen molar-refractivity contribution in [2.75, 3.05) is 6.54 Å². The van der Waals surface area contributed by atoms with Crippen LogP contribution in [0.5, 0.6) is 0 Å². The van der Waals surface area contributed by atoms with Crippen molar-refractivity contribution in [3.63, 3.8) is 0 Å². The lowest BCUT2D eigenvalue weighted by Crippen LogP contribution is -2.37. The van der Waals surface area contributed by atoms with Gasteiger partial charge >= 0.3 is 0 Å². The number of carbonyl (C=O) groups is 1. The highest BCUT2D eigenvalue weighted by atomic mass is 35.5.